The number of nitrogens with zero attached hydrogens (tertiary/aromatic N) is 1. The van der Waals surface area contributed by atoms with E-state index in [9.17, 15) is 14.0 Å². The summed E-state index contributed by atoms with van der Waals surface area (Å²) in [6, 6.07) is 0.0849. The largest absolute Gasteiger partial charge is 0.278 e. The molecule has 20 heavy (non-hydrogen) atoms. The second kappa shape index (κ2) is 3.63. The SMILES string of the molecule is CC(C)(C)C(=O)N1C(=O)C2CC3C4CC(CC4F)C3C21. The van der Waals surface area contributed by atoms with Crippen molar-refractivity contribution in [1.29, 1.82) is 0 Å². The van der Waals surface area contributed by atoms with Gasteiger partial charge in [0.1, 0.15) is 6.17 Å². The van der Waals surface area contributed by atoms with Gasteiger partial charge in [0, 0.05) is 5.41 Å². The molecular weight excluding hydrogens is 257 g/mol. The smallest absolute Gasteiger partial charge is 0.234 e. The molecule has 2 bridgehead atoms. The number of hydrogen-bond donors (Lipinski definition) is 0. The van der Waals surface area contributed by atoms with Crippen molar-refractivity contribution in [2.24, 2.45) is 35.0 Å². The standard InChI is InChI=1S/C16H22FNO2/c1-16(2,3)15(20)18-13-10(14(18)19)6-9-8-4-7(12(9)13)5-11(8)17/h7-13H,4-6H2,1-3H3. The van der Waals surface area contributed by atoms with E-state index in [1.807, 2.05) is 20.8 Å². The van der Waals surface area contributed by atoms with Crippen LogP contribution in [0.2, 0.25) is 0 Å². The minimum absolute atomic E-state index is 0.000803. The van der Waals surface area contributed by atoms with Crippen molar-refractivity contribution in [3.8, 4) is 0 Å². The molecule has 2 amide bonds. The molecule has 7 atom stereocenters. The lowest BCUT2D eigenvalue weighted by Gasteiger charge is -2.48. The van der Waals surface area contributed by atoms with Gasteiger partial charge < -0.3 is 0 Å². The lowest BCUT2D eigenvalue weighted by Crippen LogP contribution is -2.65. The number of fused-ring (bicyclic) bond motifs is 7. The molecule has 1 heterocycles. The maximum absolute atomic E-state index is 13.9. The fourth-order valence-corrected chi connectivity index (χ4v) is 5.45. The number of β-lactam (4-membered cyclic amide) rings is 1. The normalized spacial score (nSPS) is 49.1. The number of alkyl halides is 1. The summed E-state index contributed by atoms with van der Waals surface area (Å²) >= 11 is 0. The minimum atomic E-state index is -0.666. The van der Waals surface area contributed by atoms with Crippen molar-refractivity contribution in [2.75, 3.05) is 0 Å². The second-order valence-electron chi connectivity index (χ2n) is 8.25. The van der Waals surface area contributed by atoms with Gasteiger partial charge in [-0.05, 0) is 42.9 Å². The Labute approximate surface area is 118 Å². The molecule has 3 saturated carbocycles. The van der Waals surface area contributed by atoms with Gasteiger partial charge in [-0.2, -0.15) is 0 Å². The molecule has 4 rings (SSSR count). The van der Waals surface area contributed by atoms with Gasteiger partial charge in [0.05, 0.1) is 12.0 Å². The van der Waals surface area contributed by atoms with Crippen molar-refractivity contribution in [1.82, 2.24) is 4.90 Å². The minimum Gasteiger partial charge on any atom is -0.278 e. The third-order valence-corrected chi connectivity index (χ3v) is 6.20. The van der Waals surface area contributed by atoms with Crippen molar-refractivity contribution >= 4 is 11.8 Å². The van der Waals surface area contributed by atoms with Gasteiger partial charge in [0.25, 0.3) is 0 Å². The molecule has 0 spiro atoms. The number of halogens is 1. The third kappa shape index (κ3) is 1.35. The van der Waals surface area contributed by atoms with Crippen molar-refractivity contribution in [3.05, 3.63) is 0 Å². The highest BCUT2D eigenvalue weighted by Gasteiger charge is 2.68. The molecular formula is C16H22FNO2. The van der Waals surface area contributed by atoms with Crippen LogP contribution in [0.5, 0.6) is 0 Å². The van der Waals surface area contributed by atoms with Crippen LogP contribution in [0.15, 0.2) is 0 Å². The van der Waals surface area contributed by atoms with Gasteiger partial charge in [-0.15, -0.1) is 0 Å². The second-order valence-corrected chi connectivity index (χ2v) is 8.25. The molecule has 110 valence electrons. The lowest BCUT2D eigenvalue weighted by molar-refractivity contribution is -0.171. The average molecular weight is 279 g/mol. The first-order chi connectivity index (χ1) is 9.30. The van der Waals surface area contributed by atoms with E-state index in [4.69, 9.17) is 0 Å². The Morgan fingerprint density at radius 1 is 1.20 bits per heavy atom. The van der Waals surface area contributed by atoms with E-state index in [1.165, 1.54) is 4.90 Å². The van der Waals surface area contributed by atoms with E-state index >= 15 is 0 Å². The van der Waals surface area contributed by atoms with Crippen LogP contribution in [-0.2, 0) is 9.59 Å². The topological polar surface area (TPSA) is 37.4 Å². The Morgan fingerprint density at radius 2 is 1.90 bits per heavy atom. The summed E-state index contributed by atoms with van der Waals surface area (Å²) in [7, 11) is 0. The number of hydrogen-bond acceptors (Lipinski definition) is 2. The fraction of sp³-hybridized carbons (Fsp3) is 0.875. The molecule has 0 aromatic rings. The Hall–Kier alpha value is -0.930. The van der Waals surface area contributed by atoms with E-state index < -0.39 is 11.6 Å². The van der Waals surface area contributed by atoms with E-state index in [1.54, 1.807) is 0 Å². The van der Waals surface area contributed by atoms with Crippen LogP contribution in [0.25, 0.3) is 0 Å². The molecule has 3 nitrogen and oxygen atoms in total. The Morgan fingerprint density at radius 3 is 2.55 bits per heavy atom. The van der Waals surface area contributed by atoms with Crippen LogP contribution in [0.3, 0.4) is 0 Å². The van der Waals surface area contributed by atoms with Crippen LogP contribution >= 0.6 is 0 Å². The van der Waals surface area contributed by atoms with E-state index in [2.05, 4.69) is 0 Å². The molecule has 4 fully saturated rings. The van der Waals surface area contributed by atoms with E-state index in [-0.39, 0.29) is 29.7 Å². The highest BCUT2D eigenvalue weighted by molar-refractivity contribution is 6.04. The summed E-state index contributed by atoms with van der Waals surface area (Å²) in [5.41, 5.74) is -0.515. The Bertz CT molecular complexity index is 497. The first-order valence-corrected chi connectivity index (χ1v) is 7.82. The fourth-order valence-electron chi connectivity index (χ4n) is 5.45. The highest BCUT2D eigenvalue weighted by Crippen LogP contribution is 2.64. The quantitative estimate of drug-likeness (QED) is 0.639. The predicted octanol–water partition coefficient (Wildman–Crippen LogP) is 2.40. The van der Waals surface area contributed by atoms with Gasteiger partial charge in [-0.3, -0.25) is 14.5 Å². The summed E-state index contributed by atoms with van der Waals surface area (Å²) in [6.45, 7) is 5.59. The maximum Gasteiger partial charge on any atom is 0.234 e. The summed E-state index contributed by atoms with van der Waals surface area (Å²) in [5.74, 6) is 1.25. The zero-order valence-corrected chi connectivity index (χ0v) is 12.3. The summed E-state index contributed by atoms with van der Waals surface area (Å²) in [4.78, 5) is 26.3. The molecule has 1 aliphatic heterocycles. The summed E-state index contributed by atoms with van der Waals surface area (Å²) in [6.07, 6.45) is 1.79. The Kier molecular flexibility index (Phi) is 2.32. The number of carbonyl (C=O) groups excluding carboxylic acids is 2. The molecule has 4 aliphatic rings. The molecule has 0 aromatic heterocycles. The van der Waals surface area contributed by atoms with Crippen LogP contribution in [0, 0.1) is 35.0 Å². The van der Waals surface area contributed by atoms with Gasteiger partial charge in [-0.1, -0.05) is 20.8 Å². The summed E-state index contributed by atoms with van der Waals surface area (Å²) in [5, 5.41) is 0. The number of amides is 2. The number of likely N-dealkylation sites (tertiary alicyclic amines) is 1. The van der Waals surface area contributed by atoms with Gasteiger partial charge >= 0.3 is 0 Å². The highest BCUT2D eigenvalue weighted by atomic mass is 19.1. The molecule has 0 aromatic carbocycles. The molecule has 0 N–H and O–H groups in total. The average Bonchev–Trinajstić information content (AvgIpc) is 2.96. The lowest BCUT2D eigenvalue weighted by atomic mass is 9.76. The molecule has 4 heteroatoms. The zero-order valence-electron chi connectivity index (χ0n) is 12.3. The molecule has 7 unspecified atom stereocenters. The number of imide groups is 1. The van der Waals surface area contributed by atoms with Crippen LogP contribution < -0.4 is 0 Å². The predicted molar refractivity (Wildman–Crippen MR) is 71.3 cm³/mol. The third-order valence-electron chi connectivity index (χ3n) is 6.20. The van der Waals surface area contributed by atoms with Crippen LogP contribution in [0.1, 0.15) is 40.0 Å². The number of carbonyl (C=O) groups is 2. The first kappa shape index (κ1) is 12.8. The van der Waals surface area contributed by atoms with Gasteiger partial charge in [-0.25, -0.2) is 4.39 Å². The molecule has 3 aliphatic carbocycles. The summed E-state index contributed by atoms with van der Waals surface area (Å²) < 4.78 is 13.9. The van der Waals surface area contributed by atoms with E-state index in [0.717, 1.165) is 12.8 Å². The van der Waals surface area contributed by atoms with Crippen LogP contribution in [-0.4, -0.2) is 28.9 Å². The van der Waals surface area contributed by atoms with Crippen molar-refractivity contribution in [2.45, 2.75) is 52.2 Å². The van der Waals surface area contributed by atoms with Gasteiger partial charge in [0.15, 0.2) is 0 Å². The van der Waals surface area contributed by atoms with Crippen molar-refractivity contribution < 1.29 is 14.0 Å². The zero-order chi connectivity index (χ0) is 14.4. The van der Waals surface area contributed by atoms with E-state index in [0.29, 0.717) is 24.2 Å². The molecule has 1 saturated heterocycles. The van der Waals surface area contributed by atoms with Gasteiger partial charge in [0.2, 0.25) is 11.8 Å². The monoisotopic (exact) mass is 279 g/mol. The number of rotatable bonds is 0. The first-order valence-electron chi connectivity index (χ1n) is 7.82. The molecule has 0 radical (unpaired) electrons. The van der Waals surface area contributed by atoms with Crippen LogP contribution in [0.4, 0.5) is 4.39 Å². The Balaban J connectivity index is 1.63. The maximum atomic E-state index is 13.9. The van der Waals surface area contributed by atoms with Crippen molar-refractivity contribution in [3.63, 3.8) is 0 Å².